The summed E-state index contributed by atoms with van der Waals surface area (Å²) < 4.78 is 46.1. The minimum atomic E-state index is -4.94. The molecule has 17 heteroatoms. The number of carbonyl (C=O) groups is 1. The number of nitrogens with one attached hydrogen (secondary N) is 1. The van der Waals surface area contributed by atoms with Crippen LogP contribution in [0.1, 0.15) is 30.9 Å². The fourth-order valence-electron chi connectivity index (χ4n) is 3.42. The van der Waals surface area contributed by atoms with Crippen LogP contribution < -0.4 is 5.32 Å². The largest absolute Gasteiger partial charge is 0.455 e. The van der Waals surface area contributed by atoms with Crippen LogP contribution in [0.5, 0.6) is 0 Å². The number of ether oxygens (including phenoxy) is 1. The summed E-state index contributed by atoms with van der Waals surface area (Å²) >= 11 is 0. The summed E-state index contributed by atoms with van der Waals surface area (Å²) in [5.41, 5.74) is -3.52. The summed E-state index contributed by atoms with van der Waals surface area (Å²) in [7, 11) is 0. The van der Waals surface area contributed by atoms with Crippen LogP contribution in [0.25, 0.3) is 0 Å². The van der Waals surface area contributed by atoms with Crippen LogP contribution in [0.4, 0.5) is 13.2 Å². The second kappa shape index (κ2) is 10.7. The highest BCUT2D eigenvalue weighted by molar-refractivity contribution is 5.92. The highest BCUT2D eigenvalue weighted by atomic mass is 19.4. The molecular formula is C18H17F3N4O10. The van der Waals surface area contributed by atoms with E-state index in [-0.39, 0.29) is 11.4 Å². The summed E-state index contributed by atoms with van der Waals surface area (Å²) in [5, 5.41) is 32.7. The van der Waals surface area contributed by atoms with E-state index in [2.05, 4.69) is 15.0 Å². The first-order chi connectivity index (χ1) is 16.2. The Morgan fingerprint density at radius 2 is 1.57 bits per heavy atom. The quantitative estimate of drug-likeness (QED) is 0.279. The van der Waals surface area contributed by atoms with Gasteiger partial charge in [0.2, 0.25) is 0 Å². The van der Waals surface area contributed by atoms with E-state index in [1.807, 2.05) is 0 Å². The Balaban J connectivity index is 2.58. The van der Waals surface area contributed by atoms with Crippen molar-refractivity contribution < 1.29 is 47.5 Å². The normalized spacial score (nSPS) is 16.0. The van der Waals surface area contributed by atoms with Gasteiger partial charge >= 0.3 is 12.1 Å². The maximum Gasteiger partial charge on any atom is 0.416 e. The Morgan fingerprint density at radius 1 is 1.03 bits per heavy atom. The smallest absolute Gasteiger partial charge is 0.416 e. The molecule has 1 aliphatic heterocycles. The molecule has 0 saturated heterocycles. The number of alkyl halides is 3. The highest BCUT2D eigenvalue weighted by Gasteiger charge is 2.45. The first-order valence-electron chi connectivity index (χ1n) is 9.48. The van der Waals surface area contributed by atoms with Crippen molar-refractivity contribution in [2.75, 3.05) is 13.2 Å². The predicted molar refractivity (Wildman–Crippen MR) is 105 cm³/mol. The molecule has 0 aliphatic carbocycles. The lowest BCUT2D eigenvalue weighted by Crippen LogP contribution is -2.36. The van der Waals surface area contributed by atoms with Gasteiger partial charge in [0.1, 0.15) is 25.2 Å². The van der Waals surface area contributed by atoms with Gasteiger partial charge in [0.05, 0.1) is 21.8 Å². The minimum absolute atomic E-state index is 0.107. The molecule has 1 atom stereocenters. The van der Waals surface area contributed by atoms with Crippen LogP contribution in [0, 0.1) is 30.3 Å². The number of hydrogen-bond donors (Lipinski definition) is 1. The topological polar surface area (TPSA) is 186 Å². The molecule has 1 N–H and O–H groups in total. The molecule has 0 spiro atoms. The zero-order chi connectivity index (χ0) is 26.5. The number of hydrogen-bond acceptors (Lipinski definition) is 11. The third kappa shape index (κ3) is 6.55. The second-order valence-corrected chi connectivity index (χ2v) is 7.02. The maximum atomic E-state index is 13.7. The Morgan fingerprint density at radius 3 is 2.06 bits per heavy atom. The van der Waals surface area contributed by atoms with E-state index < -0.39 is 74.9 Å². The van der Waals surface area contributed by atoms with E-state index in [4.69, 9.17) is 4.74 Å². The number of allylic oxidation sites excluding steroid dienone is 3. The molecule has 1 aliphatic rings. The average Bonchev–Trinajstić information content (AvgIpc) is 2.73. The van der Waals surface area contributed by atoms with Gasteiger partial charge < -0.3 is 19.7 Å². The van der Waals surface area contributed by atoms with Gasteiger partial charge in [0, 0.05) is 5.70 Å². The van der Waals surface area contributed by atoms with Crippen molar-refractivity contribution >= 4 is 5.97 Å². The van der Waals surface area contributed by atoms with Crippen LogP contribution >= 0.6 is 0 Å². The molecule has 0 radical (unpaired) electrons. The third-order valence-corrected chi connectivity index (χ3v) is 4.72. The number of nitrogens with zero attached hydrogens (tertiary/aromatic N) is 3. The van der Waals surface area contributed by atoms with Crippen molar-refractivity contribution in [1.29, 1.82) is 0 Å². The van der Waals surface area contributed by atoms with Crippen LogP contribution in [-0.2, 0) is 25.4 Å². The number of dihydropyridines is 1. The lowest BCUT2D eigenvalue weighted by molar-refractivity contribution is -0.768. The molecule has 2 rings (SSSR count). The van der Waals surface area contributed by atoms with E-state index in [0.29, 0.717) is 6.07 Å². The van der Waals surface area contributed by atoms with Crippen molar-refractivity contribution in [3.63, 3.8) is 0 Å². The standard InChI is InChI=1S/C18H17F3N4O10/c1-9-14(17(26)35-11(7-33-24(29)30)8-34-25(31)32)15(16(23(27)28)10(2)22-9)12-5-3-4-6-13(12)18(19,20)21/h3-6,11,15,22H,7-8H2,1-2H3. The van der Waals surface area contributed by atoms with Crippen LogP contribution in [0.2, 0.25) is 0 Å². The van der Waals surface area contributed by atoms with Crippen LogP contribution in [-0.4, -0.2) is 40.4 Å². The number of esters is 1. The maximum absolute atomic E-state index is 13.7. The molecule has 0 saturated carbocycles. The molecule has 1 unspecified atom stereocenters. The van der Waals surface area contributed by atoms with Gasteiger partial charge in [-0.1, -0.05) is 18.2 Å². The molecule has 1 aromatic rings. The van der Waals surface area contributed by atoms with Crippen LogP contribution in [0.3, 0.4) is 0 Å². The molecule has 190 valence electrons. The number of carbonyl (C=O) groups excluding carboxylic acids is 1. The lowest BCUT2D eigenvalue weighted by atomic mass is 9.81. The van der Waals surface area contributed by atoms with E-state index in [1.54, 1.807) is 0 Å². The van der Waals surface area contributed by atoms with Crippen molar-refractivity contribution in [2.45, 2.75) is 32.0 Å². The van der Waals surface area contributed by atoms with Gasteiger partial charge in [-0.15, -0.1) is 20.2 Å². The fraction of sp³-hybridized carbons (Fsp3) is 0.389. The Kier molecular flexibility index (Phi) is 8.17. The molecule has 0 amide bonds. The third-order valence-electron chi connectivity index (χ3n) is 4.72. The molecule has 35 heavy (non-hydrogen) atoms. The fourth-order valence-corrected chi connectivity index (χ4v) is 3.42. The number of rotatable bonds is 10. The summed E-state index contributed by atoms with van der Waals surface area (Å²) in [6.45, 7) is 0.432. The monoisotopic (exact) mass is 506 g/mol. The van der Waals surface area contributed by atoms with Crippen molar-refractivity contribution in [3.8, 4) is 0 Å². The van der Waals surface area contributed by atoms with Gasteiger partial charge in [0.25, 0.3) is 15.9 Å². The van der Waals surface area contributed by atoms with E-state index in [1.165, 1.54) is 19.9 Å². The van der Waals surface area contributed by atoms with E-state index in [9.17, 15) is 48.3 Å². The first kappa shape index (κ1) is 26.8. The molecule has 1 heterocycles. The first-order valence-corrected chi connectivity index (χ1v) is 9.48. The molecule has 14 nitrogen and oxygen atoms in total. The lowest BCUT2D eigenvalue weighted by Gasteiger charge is -2.29. The second-order valence-electron chi connectivity index (χ2n) is 7.02. The highest BCUT2D eigenvalue weighted by Crippen LogP contribution is 2.44. The molecule has 1 aromatic carbocycles. The van der Waals surface area contributed by atoms with Gasteiger partial charge in [-0.25, -0.2) is 4.79 Å². The minimum Gasteiger partial charge on any atom is -0.455 e. The molecule has 0 bridgehead atoms. The van der Waals surface area contributed by atoms with Gasteiger partial charge in [-0.3, -0.25) is 10.1 Å². The van der Waals surface area contributed by atoms with Crippen molar-refractivity contribution in [3.05, 3.63) is 88.4 Å². The zero-order valence-corrected chi connectivity index (χ0v) is 17.9. The summed E-state index contributed by atoms with van der Waals surface area (Å²) in [6, 6.07) is 3.89. The molecular weight excluding hydrogens is 489 g/mol. The SMILES string of the molecule is CC1=C(C(=O)OC(CO[N+](=O)[O-])CO[N+](=O)[O-])C(c2ccccc2C(F)(F)F)C([N+](=O)[O-])=C(C)N1. The summed E-state index contributed by atoms with van der Waals surface area (Å²) in [6.07, 6.45) is -6.70. The van der Waals surface area contributed by atoms with Crippen molar-refractivity contribution in [1.82, 2.24) is 5.32 Å². The molecule has 0 aromatic heterocycles. The summed E-state index contributed by atoms with van der Waals surface area (Å²) in [5.74, 6) is -3.31. The Hall–Kier alpha value is -4.44. The zero-order valence-electron chi connectivity index (χ0n) is 17.9. The van der Waals surface area contributed by atoms with E-state index in [0.717, 1.165) is 12.1 Å². The number of benzene rings is 1. The van der Waals surface area contributed by atoms with Crippen molar-refractivity contribution in [2.24, 2.45) is 0 Å². The van der Waals surface area contributed by atoms with Crippen LogP contribution in [0.15, 0.2) is 46.9 Å². The molecule has 0 fully saturated rings. The number of halogens is 3. The number of nitro groups is 1. The van der Waals surface area contributed by atoms with Gasteiger partial charge in [-0.05, 0) is 25.5 Å². The summed E-state index contributed by atoms with van der Waals surface area (Å²) in [4.78, 5) is 52.9. The average molecular weight is 506 g/mol. The van der Waals surface area contributed by atoms with Gasteiger partial charge in [0.15, 0.2) is 0 Å². The van der Waals surface area contributed by atoms with E-state index >= 15 is 0 Å². The Labute approximate surface area is 193 Å². The predicted octanol–water partition coefficient (Wildman–Crippen LogP) is 2.50. The van der Waals surface area contributed by atoms with Gasteiger partial charge in [-0.2, -0.15) is 13.2 Å². The Bertz CT molecular complexity index is 1080.